The molecule has 0 atom stereocenters. The van der Waals surface area contributed by atoms with Crippen molar-refractivity contribution in [1.82, 2.24) is 4.98 Å². The minimum atomic E-state index is 0.0466. The van der Waals surface area contributed by atoms with Gasteiger partial charge in [-0.2, -0.15) is 0 Å². The number of nitrogens with one attached hydrogen (secondary N) is 1. The van der Waals surface area contributed by atoms with E-state index in [1.807, 2.05) is 12.1 Å². The zero-order chi connectivity index (χ0) is 25.5. The summed E-state index contributed by atoms with van der Waals surface area (Å²) in [4.78, 5) is 13.4. The topological polar surface area (TPSA) is 40.5 Å². The molecule has 0 saturated carbocycles. The van der Waals surface area contributed by atoms with E-state index in [4.69, 9.17) is 9.98 Å². The van der Waals surface area contributed by atoms with Gasteiger partial charge < -0.3 is 4.98 Å². The number of para-hydroxylation sites is 2. The third-order valence-corrected chi connectivity index (χ3v) is 5.47. The standard InChI is InChI=1S/C28H35N3.Fe.2HI/c1-19(29-25-15-11-9-13-21(25)27(3,4)5)23-17-18-24(31-23)20(2)30-26-16-12-10-14-22(26)28(6,7)8;;;/h9-18,31H,1-8H3;;2*1H/q;+2;;/p-2. The third kappa shape index (κ3) is 8.31. The van der Waals surface area contributed by atoms with Crippen molar-refractivity contribution in [1.29, 1.82) is 0 Å². The molecule has 184 valence electrons. The molecule has 0 fully saturated rings. The summed E-state index contributed by atoms with van der Waals surface area (Å²) in [6.07, 6.45) is 0. The molecule has 2 aromatic carbocycles. The van der Waals surface area contributed by atoms with Crippen LogP contribution in [0.25, 0.3) is 0 Å². The van der Waals surface area contributed by atoms with Crippen molar-refractivity contribution >= 4 is 63.5 Å². The first kappa shape index (κ1) is 29.3. The zero-order valence-electron chi connectivity index (χ0n) is 21.3. The summed E-state index contributed by atoms with van der Waals surface area (Å²) in [5, 5.41) is 0. The predicted octanol–water partition coefficient (Wildman–Crippen LogP) is 9.66. The van der Waals surface area contributed by atoms with Crippen LogP contribution < -0.4 is 0 Å². The molecule has 0 bridgehead atoms. The fraction of sp³-hybridized carbons (Fsp3) is 0.357. The molecule has 0 aliphatic rings. The van der Waals surface area contributed by atoms with E-state index < -0.39 is 0 Å². The molecule has 6 heteroatoms. The van der Waals surface area contributed by atoms with E-state index in [-0.39, 0.29) is 10.8 Å². The first-order valence-corrected chi connectivity index (χ1v) is 18.4. The van der Waals surface area contributed by atoms with Crippen LogP contribution in [0.3, 0.4) is 0 Å². The minimum absolute atomic E-state index is 0.0466. The average Bonchev–Trinajstić information content (AvgIpc) is 3.24. The Kier molecular flexibility index (Phi) is 11.1. The van der Waals surface area contributed by atoms with Crippen LogP contribution in [0.4, 0.5) is 11.4 Å². The van der Waals surface area contributed by atoms with Crippen LogP contribution in [0.2, 0.25) is 0 Å². The molecule has 0 saturated heterocycles. The number of halogens is 2. The number of benzene rings is 2. The van der Waals surface area contributed by atoms with Crippen LogP contribution in [0.5, 0.6) is 0 Å². The number of aromatic nitrogens is 1. The van der Waals surface area contributed by atoms with Gasteiger partial charge in [0, 0.05) is 0 Å². The maximum atomic E-state index is 4.94. The number of aromatic amines is 1. The molecule has 0 spiro atoms. The molecular formula is C28H35FeI2N3. The summed E-state index contributed by atoms with van der Waals surface area (Å²) in [6.45, 7) is 17.4. The zero-order valence-corrected chi connectivity index (χ0v) is 26.7. The first-order valence-electron chi connectivity index (χ1n) is 11.2. The Morgan fingerprint density at radius 3 is 1.29 bits per heavy atom. The molecule has 3 aromatic rings. The Morgan fingerprint density at radius 1 is 0.647 bits per heavy atom. The van der Waals surface area contributed by atoms with Crippen LogP contribution >= 0.6 is 40.7 Å². The van der Waals surface area contributed by atoms with Gasteiger partial charge in [-0.15, -0.1) is 0 Å². The van der Waals surface area contributed by atoms with Crippen molar-refractivity contribution in [2.75, 3.05) is 0 Å². The molecule has 0 amide bonds. The summed E-state index contributed by atoms with van der Waals surface area (Å²) >= 11 is 4.55. The van der Waals surface area contributed by atoms with E-state index in [1.54, 1.807) is 0 Å². The summed E-state index contributed by atoms with van der Waals surface area (Å²) < 4.78 is 0. The van der Waals surface area contributed by atoms with Crippen molar-refractivity contribution < 1.29 is 8.46 Å². The van der Waals surface area contributed by atoms with Gasteiger partial charge in [0.25, 0.3) is 0 Å². The quantitative estimate of drug-likeness (QED) is 0.158. The van der Waals surface area contributed by atoms with Gasteiger partial charge in [0.1, 0.15) is 0 Å². The van der Waals surface area contributed by atoms with Gasteiger partial charge in [0.05, 0.1) is 34.2 Å². The molecule has 3 nitrogen and oxygen atoms in total. The summed E-state index contributed by atoms with van der Waals surface area (Å²) in [7, 11) is 1.19. The van der Waals surface area contributed by atoms with Gasteiger partial charge >= 0.3 is 49.1 Å². The van der Waals surface area contributed by atoms with Crippen molar-refractivity contribution in [3.63, 3.8) is 0 Å². The van der Waals surface area contributed by atoms with Crippen LogP contribution in [0, 0.1) is 0 Å². The molecule has 0 unspecified atom stereocenters. The number of nitrogens with zero attached hydrogens (tertiary/aromatic N) is 2. The Labute approximate surface area is 234 Å². The fourth-order valence-electron chi connectivity index (χ4n) is 3.71. The van der Waals surface area contributed by atoms with Gasteiger partial charge in [-0.3, -0.25) is 9.98 Å². The van der Waals surface area contributed by atoms with E-state index in [0.29, 0.717) is 0 Å². The van der Waals surface area contributed by atoms with Crippen molar-refractivity contribution in [3.8, 4) is 0 Å². The van der Waals surface area contributed by atoms with Crippen LogP contribution in [0.1, 0.15) is 77.9 Å². The normalized spacial score (nSPS) is 13.0. The molecule has 0 aliphatic carbocycles. The van der Waals surface area contributed by atoms with Gasteiger partial charge in [-0.05, 0) is 60.1 Å². The van der Waals surface area contributed by atoms with Gasteiger partial charge in [0.15, 0.2) is 0 Å². The Balaban J connectivity index is 0.00000129. The summed E-state index contributed by atoms with van der Waals surface area (Å²) in [5.41, 5.74) is 8.58. The number of rotatable bonds is 4. The SMILES string of the molecule is CC(=Nc1ccccc1C(C)(C)C)c1ccc(C(C)=Nc2ccccc2C(C)(C)C)[nH]1.[I][Fe][I]. The number of hydrogen-bond acceptors (Lipinski definition) is 2. The molecular weight excluding hydrogens is 688 g/mol. The molecule has 0 radical (unpaired) electrons. The van der Waals surface area contributed by atoms with Gasteiger partial charge in [-0.1, -0.05) is 77.9 Å². The molecule has 34 heavy (non-hydrogen) atoms. The van der Waals surface area contributed by atoms with Crippen LogP contribution in [0.15, 0.2) is 70.6 Å². The second kappa shape index (κ2) is 12.8. The number of aliphatic imine (C=N–C) groups is 2. The van der Waals surface area contributed by atoms with Crippen LogP contribution in [-0.4, -0.2) is 16.4 Å². The second-order valence-electron chi connectivity index (χ2n) is 10.3. The Hall–Kier alpha value is -0.961. The van der Waals surface area contributed by atoms with E-state index in [1.165, 1.54) is 19.6 Å². The molecule has 1 N–H and O–H groups in total. The van der Waals surface area contributed by atoms with E-state index in [2.05, 4.69) is 150 Å². The van der Waals surface area contributed by atoms with Crippen LogP contribution in [-0.2, 0) is 19.3 Å². The Bertz CT molecular complexity index is 1060. The van der Waals surface area contributed by atoms with Gasteiger partial charge in [0.2, 0.25) is 0 Å². The first-order chi connectivity index (χ1) is 15.9. The third-order valence-electron chi connectivity index (χ3n) is 5.47. The van der Waals surface area contributed by atoms with E-state index in [9.17, 15) is 0 Å². The molecule has 1 heterocycles. The number of hydrogen-bond donors (Lipinski definition) is 1. The van der Waals surface area contributed by atoms with Gasteiger partial charge in [-0.25, -0.2) is 0 Å². The molecule has 1 aromatic heterocycles. The van der Waals surface area contributed by atoms with Crippen molar-refractivity contribution in [2.45, 2.75) is 66.2 Å². The summed E-state index contributed by atoms with van der Waals surface area (Å²) in [6, 6.07) is 20.9. The average molecular weight is 723 g/mol. The summed E-state index contributed by atoms with van der Waals surface area (Å²) in [5.74, 6) is 0. The number of H-pyrrole nitrogens is 1. The second-order valence-corrected chi connectivity index (χ2v) is 19.6. The van der Waals surface area contributed by atoms with Crippen molar-refractivity contribution in [2.24, 2.45) is 9.98 Å². The Morgan fingerprint density at radius 2 is 0.971 bits per heavy atom. The van der Waals surface area contributed by atoms with E-state index >= 15 is 0 Å². The van der Waals surface area contributed by atoms with Crippen molar-refractivity contribution in [3.05, 3.63) is 83.2 Å². The molecule has 0 aliphatic heterocycles. The monoisotopic (exact) mass is 723 g/mol. The molecule has 3 rings (SSSR count). The maximum absolute atomic E-state index is 4.94. The fourth-order valence-corrected chi connectivity index (χ4v) is 3.71. The predicted molar refractivity (Wildman–Crippen MR) is 163 cm³/mol. The van der Waals surface area contributed by atoms with E-state index in [0.717, 1.165) is 34.2 Å².